The molecule has 4 aromatic rings. The van der Waals surface area contributed by atoms with Crippen molar-refractivity contribution >= 4 is 27.2 Å². The first-order valence-corrected chi connectivity index (χ1v) is 11.8. The third-order valence-electron chi connectivity index (χ3n) is 5.82. The highest BCUT2D eigenvalue weighted by molar-refractivity contribution is 7.17. The Kier molecular flexibility index (Phi) is 5.68. The van der Waals surface area contributed by atoms with Crippen molar-refractivity contribution in [2.75, 3.05) is 31.6 Å². The fourth-order valence-electron chi connectivity index (χ4n) is 4.34. The van der Waals surface area contributed by atoms with Crippen molar-refractivity contribution in [3.05, 3.63) is 76.2 Å². The van der Waals surface area contributed by atoms with Crippen LogP contribution in [0.15, 0.2) is 64.8 Å². The molecule has 0 aliphatic carbocycles. The van der Waals surface area contributed by atoms with Gasteiger partial charge in [-0.15, -0.1) is 11.3 Å². The summed E-state index contributed by atoms with van der Waals surface area (Å²) in [6, 6.07) is 18.2. The van der Waals surface area contributed by atoms with Gasteiger partial charge in [0.05, 0.1) is 24.2 Å². The summed E-state index contributed by atoms with van der Waals surface area (Å²) in [6.07, 6.45) is 0.0525. The third-order valence-corrected chi connectivity index (χ3v) is 6.69. The van der Waals surface area contributed by atoms with Crippen LogP contribution in [0.3, 0.4) is 0 Å². The number of nitrogens with one attached hydrogen (secondary N) is 1. The molecule has 0 unspecified atom stereocenters. The monoisotopic (exact) mass is 446 g/mol. The number of hydrogen-bond acceptors (Lipinski definition) is 6. The van der Waals surface area contributed by atoms with Crippen LogP contribution >= 0.6 is 11.3 Å². The molecule has 7 heteroatoms. The smallest absolute Gasteiger partial charge is 0.260 e. The normalized spacial score (nSPS) is 15.7. The molecule has 0 fully saturated rings. The Labute approximate surface area is 191 Å². The number of ether oxygens (including phenoxy) is 1. The van der Waals surface area contributed by atoms with Crippen LogP contribution in [0.25, 0.3) is 21.3 Å². The molecule has 0 radical (unpaired) electrons. The van der Waals surface area contributed by atoms with Gasteiger partial charge in [-0.3, -0.25) is 9.69 Å². The molecule has 1 atom stereocenters. The van der Waals surface area contributed by atoms with Crippen molar-refractivity contribution in [2.45, 2.75) is 19.6 Å². The zero-order valence-corrected chi connectivity index (χ0v) is 19.1. The van der Waals surface area contributed by atoms with Gasteiger partial charge in [-0.05, 0) is 31.7 Å². The number of H-pyrrole nitrogens is 1. The number of para-hydroxylation sites is 2. The number of likely N-dealkylation sites (N-methyl/N-ethyl adjacent to an activating group) is 2. The van der Waals surface area contributed by atoms with Crippen LogP contribution in [0.1, 0.15) is 12.7 Å². The van der Waals surface area contributed by atoms with Crippen molar-refractivity contribution in [3.8, 4) is 16.9 Å². The van der Waals surface area contributed by atoms with Crippen LogP contribution < -0.4 is 15.2 Å². The van der Waals surface area contributed by atoms with E-state index in [1.807, 2.05) is 61.0 Å². The average Bonchev–Trinajstić information content (AvgIpc) is 3.23. The predicted octanol–water partition coefficient (Wildman–Crippen LogP) is 4.37. The van der Waals surface area contributed by atoms with E-state index in [0.29, 0.717) is 17.8 Å². The molecular weight excluding hydrogens is 420 g/mol. The van der Waals surface area contributed by atoms with Crippen LogP contribution in [0.2, 0.25) is 0 Å². The summed E-state index contributed by atoms with van der Waals surface area (Å²) in [5, 5.41) is 2.68. The number of aromatic nitrogens is 2. The molecule has 5 rings (SSSR count). The first-order chi connectivity index (χ1) is 15.6. The zero-order chi connectivity index (χ0) is 22.1. The van der Waals surface area contributed by atoms with E-state index < -0.39 is 0 Å². The van der Waals surface area contributed by atoms with Crippen LogP contribution in [0.4, 0.5) is 5.69 Å². The highest BCUT2D eigenvalue weighted by atomic mass is 32.1. The highest BCUT2D eigenvalue weighted by Gasteiger charge is 2.25. The predicted molar refractivity (Wildman–Crippen MR) is 131 cm³/mol. The first-order valence-electron chi connectivity index (χ1n) is 10.9. The number of rotatable bonds is 6. The lowest BCUT2D eigenvalue weighted by Gasteiger charge is -2.37. The number of benzene rings is 2. The van der Waals surface area contributed by atoms with E-state index in [1.165, 1.54) is 11.3 Å². The highest BCUT2D eigenvalue weighted by Crippen LogP contribution is 2.33. The summed E-state index contributed by atoms with van der Waals surface area (Å²) in [5.74, 6) is 1.61. The van der Waals surface area contributed by atoms with E-state index in [-0.39, 0.29) is 11.7 Å². The number of nitrogens with zero attached hydrogens (tertiary/aromatic N) is 3. The van der Waals surface area contributed by atoms with Crippen LogP contribution in [0.5, 0.6) is 5.75 Å². The second-order valence-corrected chi connectivity index (χ2v) is 9.01. The number of fused-ring (bicyclic) bond motifs is 2. The Morgan fingerprint density at radius 3 is 2.78 bits per heavy atom. The van der Waals surface area contributed by atoms with E-state index in [2.05, 4.69) is 27.8 Å². The SMILES string of the molecule is CCN1C[C@H](CN(C)Cc2nc3scc(-c4ccccc4)c3c(=O)[nH]2)Oc2ccccc21. The molecule has 1 aliphatic heterocycles. The molecule has 164 valence electrons. The lowest BCUT2D eigenvalue weighted by Crippen LogP contribution is -2.45. The minimum absolute atomic E-state index is 0.0525. The van der Waals surface area contributed by atoms with E-state index in [1.54, 1.807) is 0 Å². The lowest BCUT2D eigenvalue weighted by atomic mass is 10.1. The minimum Gasteiger partial charge on any atom is -0.485 e. The average molecular weight is 447 g/mol. The Bertz CT molecular complexity index is 1280. The molecule has 3 heterocycles. The van der Waals surface area contributed by atoms with Gasteiger partial charge < -0.3 is 14.6 Å². The van der Waals surface area contributed by atoms with Gasteiger partial charge in [-0.1, -0.05) is 42.5 Å². The van der Waals surface area contributed by atoms with Crippen molar-refractivity contribution < 1.29 is 4.74 Å². The van der Waals surface area contributed by atoms with Gasteiger partial charge in [0.1, 0.15) is 22.5 Å². The van der Waals surface area contributed by atoms with E-state index in [4.69, 9.17) is 9.72 Å². The molecule has 0 bridgehead atoms. The largest absolute Gasteiger partial charge is 0.485 e. The molecule has 32 heavy (non-hydrogen) atoms. The minimum atomic E-state index is -0.0847. The quantitative estimate of drug-likeness (QED) is 0.477. The van der Waals surface area contributed by atoms with Gasteiger partial charge in [0.25, 0.3) is 5.56 Å². The molecule has 0 spiro atoms. The summed E-state index contributed by atoms with van der Waals surface area (Å²) in [7, 11) is 2.04. The zero-order valence-electron chi connectivity index (χ0n) is 18.2. The summed E-state index contributed by atoms with van der Waals surface area (Å²) < 4.78 is 6.25. The van der Waals surface area contributed by atoms with Gasteiger partial charge in [-0.2, -0.15) is 0 Å². The molecule has 0 saturated heterocycles. The number of aromatic amines is 1. The topological polar surface area (TPSA) is 61.5 Å². The van der Waals surface area contributed by atoms with Crippen molar-refractivity contribution in [3.63, 3.8) is 0 Å². The molecule has 1 N–H and O–H groups in total. The number of thiophene rings is 1. The summed E-state index contributed by atoms with van der Waals surface area (Å²) in [5.41, 5.74) is 3.04. The van der Waals surface area contributed by atoms with Gasteiger partial charge >= 0.3 is 0 Å². The fourth-order valence-corrected chi connectivity index (χ4v) is 5.31. The van der Waals surface area contributed by atoms with Crippen molar-refractivity contribution in [1.29, 1.82) is 0 Å². The maximum atomic E-state index is 12.9. The third kappa shape index (κ3) is 4.01. The Morgan fingerprint density at radius 1 is 1.19 bits per heavy atom. The molecule has 0 amide bonds. The van der Waals surface area contributed by atoms with E-state index in [9.17, 15) is 4.79 Å². The Morgan fingerprint density at radius 2 is 1.97 bits per heavy atom. The second-order valence-electron chi connectivity index (χ2n) is 8.15. The lowest BCUT2D eigenvalue weighted by molar-refractivity contribution is 0.138. The standard InChI is InChI=1S/C25H26N4O2S/c1-3-29-14-18(31-21-12-8-7-11-20(21)29)13-28(2)15-22-26-24(30)23-19(16-32-25(23)27-22)17-9-5-4-6-10-17/h4-12,16,18H,3,13-15H2,1-2H3,(H,26,27,30)/t18-/m0/s1. The Hall–Kier alpha value is -3.16. The van der Waals surface area contributed by atoms with E-state index >= 15 is 0 Å². The van der Waals surface area contributed by atoms with Gasteiger partial charge in [0.2, 0.25) is 0 Å². The summed E-state index contributed by atoms with van der Waals surface area (Å²) in [4.78, 5) is 25.9. The maximum absolute atomic E-state index is 12.9. The van der Waals surface area contributed by atoms with Crippen LogP contribution in [0, 0.1) is 0 Å². The number of anilines is 1. The van der Waals surface area contributed by atoms with Gasteiger partial charge in [0, 0.05) is 24.0 Å². The molecule has 2 aromatic heterocycles. The van der Waals surface area contributed by atoms with E-state index in [0.717, 1.165) is 47.0 Å². The summed E-state index contributed by atoms with van der Waals surface area (Å²) >= 11 is 1.51. The van der Waals surface area contributed by atoms with Gasteiger partial charge in [0.15, 0.2) is 0 Å². The van der Waals surface area contributed by atoms with Crippen molar-refractivity contribution in [2.24, 2.45) is 0 Å². The molecule has 6 nitrogen and oxygen atoms in total. The van der Waals surface area contributed by atoms with Crippen LogP contribution in [-0.2, 0) is 6.54 Å². The maximum Gasteiger partial charge on any atom is 0.260 e. The molecule has 1 aliphatic rings. The van der Waals surface area contributed by atoms with Crippen LogP contribution in [-0.4, -0.2) is 47.7 Å². The molecule has 2 aromatic carbocycles. The molecule has 0 saturated carbocycles. The Balaban J connectivity index is 1.32. The van der Waals surface area contributed by atoms with Crippen molar-refractivity contribution in [1.82, 2.24) is 14.9 Å². The summed E-state index contributed by atoms with van der Waals surface area (Å²) in [6.45, 7) is 5.24. The molecular formula is C25H26N4O2S. The second kappa shape index (κ2) is 8.76. The fraction of sp³-hybridized carbons (Fsp3) is 0.280. The van der Waals surface area contributed by atoms with Gasteiger partial charge in [-0.25, -0.2) is 4.98 Å². The number of hydrogen-bond donors (Lipinski definition) is 1. The first kappa shape index (κ1) is 20.7.